The first-order valence-corrected chi connectivity index (χ1v) is 11.6. The highest BCUT2D eigenvalue weighted by Gasteiger charge is 2.29. The molecular weight excluding hydrogens is 470 g/mol. The van der Waals surface area contributed by atoms with Gasteiger partial charge in [-0.25, -0.2) is 18.4 Å². The lowest BCUT2D eigenvalue weighted by Gasteiger charge is -2.13. The monoisotopic (exact) mass is 492 g/mol. The van der Waals surface area contributed by atoms with E-state index in [1.807, 2.05) is 0 Å². The highest BCUT2D eigenvalue weighted by atomic mass is 32.2. The molecule has 2 fully saturated rings. The summed E-state index contributed by atoms with van der Waals surface area (Å²) in [4.78, 5) is 30.1. The maximum Gasteiger partial charge on any atom is 0.350 e. The average molecular weight is 493 g/mol. The first kappa shape index (κ1) is 24.8. The molecule has 176 valence electrons. The number of halogens is 2. The van der Waals surface area contributed by atoms with Crippen molar-refractivity contribution in [2.24, 2.45) is 0 Å². The van der Waals surface area contributed by atoms with Gasteiger partial charge in [-0.3, -0.25) is 9.13 Å². The molecule has 0 saturated carbocycles. The van der Waals surface area contributed by atoms with Gasteiger partial charge in [0, 0.05) is 23.9 Å². The molecule has 0 radical (unpaired) electrons. The van der Waals surface area contributed by atoms with Gasteiger partial charge in [-0.05, 0) is 13.8 Å². The summed E-state index contributed by atoms with van der Waals surface area (Å²) < 4.78 is 39.4. The van der Waals surface area contributed by atoms with E-state index < -0.39 is 35.5 Å². The van der Waals surface area contributed by atoms with E-state index in [0.29, 0.717) is 11.5 Å². The molecular formula is C18H22F2N4O6S2. The maximum absolute atomic E-state index is 13.3. The van der Waals surface area contributed by atoms with Crippen molar-refractivity contribution in [1.82, 2.24) is 19.1 Å². The Bertz CT molecular complexity index is 985. The zero-order valence-corrected chi connectivity index (χ0v) is 18.8. The molecule has 0 amide bonds. The smallest absolute Gasteiger partial charge is 0.350 e. The molecule has 14 heteroatoms. The van der Waals surface area contributed by atoms with Crippen LogP contribution in [0, 0.1) is 25.5 Å². The summed E-state index contributed by atoms with van der Waals surface area (Å²) in [6, 6.07) is 0. The van der Waals surface area contributed by atoms with E-state index in [0.717, 1.165) is 21.5 Å². The predicted molar refractivity (Wildman–Crippen MR) is 113 cm³/mol. The SMILES string of the molecule is Cc1nc(=O)n(C2CS[C@H](CO)O2)cc1F.Cc1nc(=O)n([C@@H]2CS[C@H](CO)O2)cc1F. The van der Waals surface area contributed by atoms with Crippen LogP contribution in [0.25, 0.3) is 0 Å². The minimum absolute atomic E-state index is 0.0746. The third-order valence-corrected chi connectivity index (χ3v) is 6.77. The topological polar surface area (TPSA) is 129 Å². The minimum atomic E-state index is -0.558. The maximum atomic E-state index is 13.3. The van der Waals surface area contributed by atoms with Crippen LogP contribution in [0.3, 0.4) is 0 Å². The number of aromatic nitrogens is 4. The molecule has 4 atom stereocenters. The Morgan fingerprint density at radius 1 is 0.906 bits per heavy atom. The Hall–Kier alpha value is -1.84. The van der Waals surface area contributed by atoms with Crippen LogP contribution in [-0.4, -0.2) is 64.9 Å². The van der Waals surface area contributed by atoms with Gasteiger partial charge in [0.15, 0.2) is 11.6 Å². The molecule has 4 heterocycles. The van der Waals surface area contributed by atoms with Crippen molar-refractivity contribution in [1.29, 1.82) is 0 Å². The van der Waals surface area contributed by atoms with E-state index in [9.17, 15) is 18.4 Å². The highest BCUT2D eigenvalue weighted by molar-refractivity contribution is 8.00. The Balaban J connectivity index is 0.000000181. The zero-order valence-electron chi connectivity index (χ0n) is 17.2. The third kappa shape index (κ3) is 5.74. The fourth-order valence-corrected chi connectivity index (χ4v) is 4.69. The lowest BCUT2D eigenvalue weighted by atomic mass is 10.4. The van der Waals surface area contributed by atoms with E-state index in [1.54, 1.807) is 0 Å². The predicted octanol–water partition coefficient (Wildman–Crippen LogP) is 0.542. The van der Waals surface area contributed by atoms with Crippen LogP contribution < -0.4 is 11.4 Å². The second-order valence-corrected chi connectivity index (χ2v) is 9.19. The van der Waals surface area contributed by atoms with Crippen molar-refractivity contribution in [2.45, 2.75) is 37.2 Å². The quantitative estimate of drug-likeness (QED) is 0.624. The molecule has 2 aliphatic heterocycles. The molecule has 2 aliphatic rings. The molecule has 2 N–H and O–H groups in total. The largest absolute Gasteiger partial charge is 0.393 e. The van der Waals surface area contributed by atoms with E-state index >= 15 is 0 Å². The second kappa shape index (κ2) is 10.9. The van der Waals surface area contributed by atoms with Crippen LogP contribution in [0.15, 0.2) is 22.0 Å². The van der Waals surface area contributed by atoms with Crippen LogP contribution in [0.1, 0.15) is 23.8 Å². The molecule has 0 spiro atoms. The molecule has 2 aromatic rings. The standard InChI is InChI=1S/2C9H11FN2O3S/c2*1-5-6(10)2-12(9(14)11-5)7-4-16-8(3-13)15-7/h2*2,7-8,13H,3-4H2,1H3/t7?,8-;7-,8+/m10/s1. The number of aliphatic hydroxyl groups is 2. The number of nitrogens with zero attached hydrogens (tertiary/aromatic N) is 4. The van der Waals surface area contributed by atoms with Gasteiger partial charge in [0.05, 0.1) is 24.6 Å². The molecule has 4 rings (SSSR count). The van der Waals surface area contributed by atoms with Gasteiger partial charge in [0.1, 0.15) is 23.3 Å². The lowest BCUT2D eigenvalue weighted by molar-refractivity contribution is -0.00694. The van der Waals surface area contributed by atoms with Crippen LogP contribution in [0.5, 0.6) is 0 Å². The summed E-state index contributed by atoms with van der Waals surface area (Å²) in [5, 5.41) is 17.8. The van der Waals surface area contributed by atoms with Crippen LogP contribution in [0.2, 0.25) is 0 Å². The molecule has 2 aromatic heterocycles. The first-order chi connectivity index (χ1) is 15.2. The fourth-order valence-electron chi connectivity index (χ4n) is 2.83. The van der Waals surface area contributed by atoms with Crippen LogP contribution >= 0.6 is 23.5 Å². The molecule has 2 saturated heterocycles. The van der Waals surface area contributed by atoms with E-state index in [4.69, 9.17) is 19.7 Å². The molecule has 32 heavy (non-hydrogen) atoms. The summed E-state index contributed by atoms with van der Waals surface area (Å²) in [7, 11) is 0. The summed E-state index contributed by atoms with van der Waals surface area (Å²) in [5.41, 5.74) is -1.65. The molecule has 0 aliphatic carbocycles. The molecule has 0 bridgehead atoms. The van der Waals surface area contributed by atoms with Gasteiger partial charge in [0.25, 0.3) is 0 Å². The van der Waals surface area contributed by atoms with Crippen molar-refractivity contribution < 1.29 is 28.5 Å². The fraction of sp³-hybridized carbons (Fsp3) is 0.556. The minimum Gasteiger partial charge on any atom is -0.393 e. The van der Waals surface area contributed by atoms with Crippen molar-refractivity contribution >= 4 is 23.5 Å². The molecule has 0 aromatic carbocycles. The number of hydrogen-bond donors (Lipinski definition) is 2. The molecule has 10 nitrogen and oxygen atoms in total. The molecule has 1 unspecified atom stereocenters. The number of rotatable bonds is 4. The van der Waals surface area contributed by atoms with Crippen molar-refractivity contribution in [3.05, 3.63) is 56.4 Å². The van der Waals surface area contributed by atoms with Gasteiger partial charge in [0.2, 0.25) is 0 Å². The van der Waals surface area contributed by atoms with E-state index in [1.165, 1.54) is 37.4 Å². The van der Waals surface area contributed by atoms with Crippen LogP contribution in [-0.2, 0) is 9.47 Å². The number of ether oxygens (including phenoxy) is 2. The number of thioether (sulfide) groups is 2. The van der Waals surface area contributed by atoms with Crippen molar-refractivity contribution in [3.63, 3.8) is 0 Å². The summed E-state index contributed by atoms with van der Waals surface area (Å²) in [6.07, 6.45) is 1.07. The normalized spacial score (nSPS) is 24.9. The van der Waals surface area contributed by atoms with Gasteiger partial charge in [-0.1, -0.05) is 0 Å². The second-order valence-electron chi connectivity index (χ2n) is 6.80. The number of hydrogen-bond acceptors (Lipinski definition) is 10. The summed E-state index contributed by atoms with van der Waals surface area (Å²) in [5.74, 6) is -0.0914. The Labute approximate surface area is 189 Å². The summed E-state index contributed by atoms with van der Waals surface area (Å²) in [6.45, 7) is 2.61. The van der Waals surface area contributed by atoms with Gasteiger partial charge < -0.3 is 19.7 Å². The Morgan fingerprint density at radius 2 is 1.28 bits per heavy atom. The van der Waals surface area contributed by atoms with Crippen LogP contribution in [0.4, 0.5) is 8.78 Å². The number of aryl methyl sites for hydroxylation is 2. The van der Waals surface area contributed by atoms with E-state index in [-0.39, 0.29) is 35.5 Å². The summed E-state index contributed by atoms with van der Waals surface area (Å²) >= 11 is 2.76. The zero-order chi connectivity index (χ0) is 23.4. The average Bonchev–Trinajstić information content (AvgIpc) is 3.43. The third-order valence-electron chi connectivity index (χ3n) is 4.55. The lowest BCUT2D eigenvalue weighted by Crippen LogP contribution is -2.29. The van der Waals surface area contributed by atoms with Gasteiger partial charge >= 0.3 is 11.4 Å². The first-order valence-electron chi connectivity index (χ1n) is 9.50. The highest BCUT2D eigenvalue weighted by Crippen LogP contribution is 2.31. The van der Waals surface area contributed by atoms with Crippen molar-refractivity contribution in [2.75, 3.05) is 24.7 Å². The Kier molecular flexibility index (Phi) is 8.41. The van der Waals surface area contributed by atoms with Gasteiger partial charge in [-0.2, -0.15) is 9.97 Å². The Morgan fingerprint density at radius 3 is 1.59 bits per heavy atom. The number of aliphatic hydroxyl groups excluding tert-OH is 2. The van der Waals surface area contributed by atoms with E-state index in [2.05, 4.69) is 9.97 Å². The van der Waals surface area contributed by atoms with Crippen molar-refractivity contribution in [3.8, 4) is 0 Å². The van der Waals surface area contributed by atoms with Gasteiger partial charge in [-0.15, -0.1) is 23.5 Å².